The van der Waals surface area contributed by atoms with Gasteiger partial charge in [-0.2, -0.15) is 5.26 Å². The van der Waals surface area contributed by atoms with Crippen molar-refractivity contribution in [3.8, 4) is 17.6 Å². The first-order valence-corrected chi connectivity index (χ1v) is 9.22. The van der Waals surface area contributed by atoms with Crippen LogP contribution >= 0.6 is 0 Å². The zero-order chi connectivity index (χ0) is 20.9. The lowest BCUT2D eigenvalue weighted by molar-refractivity contribution is -0.387. The Labute approximate surface area is 160 Å². The third-order valence-electron chi connectivity index (χ3n) is 3.57. The van der Waals surface area contributed by atoms with Crippen LogP contribution in [0.3, 0.4) is 0 Å². The maximum absolute atomic E-state index is 12.5. The van der Waals surface area contributed by atoms with Crippen molar-refractivity contribution in [2.75, 3.05) is 7.11 Å². The van der Waals surface area contributed by atoms with Gasteiger partial charge in [-0.05, 0) is 31.2 Å². The summed E-state index contributed by atoms with van der Waals surface area (Å²) in [6.07, 6.45) is -1.29. The minimum atomic E-state index is -4.55. The van der Waals surface area contributed by atoms with Gasteiger partial charge in [0, 0.05) is 0 Å². The summed E-state index contributed by atoms with van der Waals surface area (Å²) >= 11 is 0. The second-order valence-corrected chi connectivity index (χ2v) is 7.08. The molecule has 0 heterocycles. The molecule has 2 aromatic rings. The van der Waals surface area contributed by atoms with E-state index in [1.165, 1.54) is 32.2 Å². The molecule has 1 amide bonds. The van der Waals surface area contributed by atoms with Crippen LogP contribution in [0, 0.1) is 21.4 Å². The highest BCUT2D eigenvalue weighted by Gasteiger charge is 2.30. The maximum Gasteiger partial charge on any atom is 0.293 e. The molecule has 0 unspecified atom stereocenters. The number of nitro groups is 1. The van der Waals surface area contributed by atoms with E-state index in [1.807, 2.05) is 6.07 Å². The molecule has 0 aliphatic carbocycles. The number of ether oxygens (including phenoxy) is 2. The van der Waals surface area contributed by atoms with Crippen LogP contribution in [0.1, 0.15) is 12.5 Å². The number of nitro benzene ring substituents is 1. The van der Waals surface area contributed by atoms with Crippen molar-refractivity contribution in [3.63, 3.8) is 0 Å². The van der Waals surface area contributed by atoms with E-state index in [2.05, 4.69) is 0 Å². The van der Waals surface area contributed by atoms with Crippen LogP contribution in [0.2, 0.25) is 0 Å². The lowest BCUT2D eigenvalue weighted by Crippen LogP contribution is -2.40. The van der Waals surface area contributed by atoms with Crippen LogP contribution in [0.4, 0.5) is 5.69 Å². The first kappa shape index (κ1) is 20.7. The van der Waals surface area contributed by atoms with E-state index in [1.54, 1.807) is 16.9 Å². The Bertz CT molecular complexity index is 1060. The van der Waals surface area contributed by atoms with Crippen molar-refractivity contribution < 1.29 is 27.6 Å². The standard InChI is InChI=1S/C17H15N3O7S/c1-11(27-15-6-4-3-5-12(15)10-18)17(21)19-28(24,25)16-8-7-13(26-2)9-14(16)20(22)23/h3-9,11H,1-2H3,(H,19,21)/t11-/m1/s1. The molecule has 11 heteroatoms. The summed E-state index contributed by atoms with van der Waals surface area (Å²) in [4.78, 5) is 21.8. The topological polar surface area (TPSA) is 149 Å². The SMILES string of the molecule is COc1ccc(S(=O)(=O)NC(=O)[C@@H](C)Oc2ccccc2C#N)c([N+](=O)[O-])c1. The minimum Gasteiger partial charge on any atom is -0.497 e. The molecule has 0 aromatic heterocycles. The molecule has 28 heavy (non-hydrogen) atoms. The molecule has 2 aromatic carbocycles. The number of methoxy groups -OCH3 is 1. The van der Waals surface area contributed by atoms with E-state index in [-0.39, 0.29) is 17.1 Å². The minimum absolute atomic E-state index is 0.0850. The summed E-state index contributed by atoms with van der Waals surface area (Å²) in [5.41, 5.74) is -0.584. The Morgan fingerprint density at radius 3 is 2.57 bits per heavy atom. The lowest BCUT2D eigenvalue weighted by Gasteiger charge is -2.15. The Morgan fingerprint density at radius 1 is 1.29 bits per heavy atom. The molecule has 0 aliphatic heterocycles. The number of carbonyl (C=O) groups excluding carboxylic acids is 1. The first-order chi connectivity index (χ1) is 13.2. The Balaban J connectivity index is 2.25. The quantitative estimate of drug-likeness (QED) is 0.541. The van der Waals surface area contributed by atoms with Crippen molar-refractivity contribution in [1.29, 1.82) is 5.26 Å². The molecule has 2 rings (SSSR count). The molecule has 0 saturated carbocycles. The molecule has 0 radical (unpaired) electrons. The van der Waals surface area contributed by atoms with Crippen LogP contribution < -0.4 is 14.2 Å². The van der Waals surface area contributed by atoms with E-state index in [0.717, 1.165) is 12.1 Å². The molecule has 0 bridgehead atoms. The number of nitriles is 1. The van der Waals surface area contributed by atoms with Crippen molar-refractivity contribution >= 4 is 21.6 Å². The summed E-state index contributed by atoms with van der Waals surface area (Å²) in [6.45, 7) is 1.28. The second-order valence-electron chi connectivity index (χ2n) is 5.43. The van der Waals surface area contributed by atoms with Gasteiger partial charge in [-0.15, -0.1) is 0 Å². The number of rotatable bonds is 7. The van der Waals surface area contributed by atoms with Crippen LogP contribution in [0.5, 0.6) is 11.5 Å². The van der Waals surface area contributed by atoms with E-state index >= 15 is 0 Å². The number of nitrogens with zero attached hydrogens (tertiary/aromatic N) is 2. The van der Waals surface area contributed by atoms with Gasteiger partial charge < -0.3 is 9.47 Å². The normalized spacial score (nSPS) is 11.8. The molecule has 1 atom stereocenters. The van der Waals surface area contributed by atoms with E-state index in [9.17, 15) is 23.3 Å². The van der Waals surface area contributed by atoms with Crippen LogP contribution in [0.15, 0.2) is 47.4 Å². The Hall–Kier alpha value is -3.65. The molecule has 0 fully saturated rings. The molecule has 0 aliphatic rings. The third kappa shape index (κ3) is 4.54. The summed E-state index contributed by atoms with van der Waals surface area (Å²) in [6, 6.07) is 11.1. The van der Waals surface area contributed by atoms with Gasteiger partial charge in [-0.3, -0.25) is 14.9 Å². The fraction of sp³-hybridized carbons (Fsp3) is 0.176. The average Bonchev–Trinajstić information content (AvgIpc) is 2.67. The van der Waals surface area contributed by atoms with Gasteiger partial charge >= 0.3 is 0 Å². The lowest BCUT2D eigenvalue weighted by atomic mass is 10.2. The second kappa shape index (κ2) is 8.36. The van der Waals surface area contributed by atoms with Gasteiger partial charge in [-0.1, -0.05) is 12.1 Å². The predicted octanol–water partition coefficient (Wildman–Crippen LogP) is 1.75. The fourth-order valence-corrected chi connectivity index (χ4v) is 3.37. The molecular formula is C17H15N3O7S. The van der Waals surface area contributed by atoms with E-state index < -0.39 is 37.5 Å². The monoisotopic (exact) mass is 405 g/mol. The molecule has 0 spiro atoms. The molecular weight excluding hydrogens is 390 g/mol. The maximum atomic E-state index is 12.5. The summed E-state index contributed by atoms with van der Waals surface area (Å²) in [7, 11) is -3.28. The van der Waals surface area contributed by atoms with Crippen molar-refractivity contribution in [3.05, 3.63) is 58.1 Å². The number of sulfonamides is 1. The van der Waals surface area contributed by atoms with Crippen LogP contribution in [-0.4, -0.2) is 32.5 Å². The summed E-state index contributed by atoms with van der Waals surface area (Å²) < 4.78 is 36.9. The number of hydrogen-bond donors (Lipinski definition) is 1. The van der Waals surface area contributed by atoms with Crippen molar-refractivity contribution in [2.24, 2.45) is 0 Å². The Morgan fingerprint density at radius 2 is 1.96 bits per heavy atom. The molecule has 10 nitrogen and oxygen atoms in total. The first-order valence-electron chi connectivity index (χ1n) is 7.74. The van der Waals surface area contributed by atoms with Crippen LogP contribution in [-0.2, 0) is 14.8 Å². The number of benzene rings is 2. The Kier molecular flexibility index (Phi) is 6.17. The van der Waals surface area contributed by atoms with Gasteiger partial charge in [0.15, 0.2) is 11.0 Å². The van der Waals surface area contributed by atoms with Gasteiger partial charge in [0.2, 0.25) is 0 Å². The number of amides is 1. The highest BCUT2D eigenvalue weighted by atomic mass is 32.2. The van der Waals surface area contributed by atoms with Crippen molar-refractivity contribution in [1.82, 2.24) is 4.72 Å². The highest BCUT2D eigenvalue weighted by Crippen LogP contribution is 2.28. The largest absolute Gasteiger partial charge is 0.497 e. The zero-order valence-corrected chi connectivity index (χ0v) is 15.6. The van der Waals surface area contributed by atoms with E-state index in [0.29, 0.717) is 0 Å². The number of nitrogens with one attached hydrogen (secondary N) is 1. The zero-order valence-electron chi connectivity index (χ0n) is 14.8. The molecule has 1 N–H and O–H groups in total. The number of para-hydroxylation sites is 1. The molecule has 146 valence electrons. The van der Waals surface area contributed by atoms with Crippen LogP contribution in [0.25, 0.3) is 0 Å². The van der Waals surface area contributed by atoms with Gasteiger partial charge in [0.05, 0.1) is 23.7 Å². The summed E-state index contributed by atoms with van der Waals surface area (Å²) in [5, 5.41) is 20.2. The smallest absolute Gasteiger partial charge is 0.293 e. The third-order valence-corrected chi connectivity index (χ3v) is 4.96. The highest BCUT2D eigenvalue weighted by molar-refractivity contribution is 7.90. The average molecular weight is 405 g/mol. The predicted molar refractivity (Wildman–Crippen MR) is 96.2 cm³/mol. The van der Waals surface area contributed by atoms with Gasteiger partial charge in [0.1, 0.15) is 17.6 Å². The number of hydrogen-bond acceptors (Lipinski definition) is 8. The number of carbonyl (C=O) groups is 1. The van der Waals surface area contributed by atoms with E-state index in [4.69, 9.17) is 14.7 Å². The van der Waals surface area contributed by atoms with Gasteiger partial charge in [0.25, 0.3) is 21.6 Å². The summed E-state index contributed by atoms with van der Waals surface area (Å²) in [5.74, 6) is -0.875. The van der Waals surface area contributed by atoms with Crippen molar-refractivity contribution in [2.45, 2.75) is 17.9 Å². The fourth-order valence-electron chi connectivity index (χ4n) is 2.17. The van der Waals surface area contributed by atoms with Gasteiger partial charge in [-0.25, -0.2) is 13.1 Å². The molecule has 0 saturated heterocycles.